The van der Waals surface area contributed by atoms with Gasteiger partial charge in [-0.3, -0.25) is 0 Å². The summed E-state index contributed by atoms with van der Waals surface area (Å²) < 4.78 is 0. The molecule has 0 aliphatic rings. The molecule has 0 saturated heterocycles. The van der Waals surface area contributed by atoms with Gasteiger partial charge in [0.2, 0.25) is 0 Å². The van der Waals surface area contributed by atoms with E-state index in [2.05, 4.69) is 34.4 Å². The molecule has 5 heteroatoms. The monoisotopic (exact) mass is 252 g/mol. The molecule has 5 nitrogen and oxygen atoms in total. The number of hydrogen-bond donors (Lipinski definition) is 3. The molecule has 0 spiro atoms. The molecule has 0 aromatic carbocycles. The maximum absolute atomic E-state index is 8.98. The molecule has 1 unspecified atom stereocenters. The molecule has 18 heavy (non-hydrogen) atoms. The first-order chi connectivity index (χ1) is 8.76. The van der Waals surface area contributed by atoms with Crippen molar-refractivity contribution in [3.63, 3.8) is 0 Å². The third-order valence-corrected chi connectivity index (χ3v) is 3.21. The number of anilines is 2. The highest BCUT2D eigenvalue weighted by molar-refractivity contribution is 5.57. The van der Waals surface area contributed by atoms with E-state index in [1.54, 1.807) is 6.33 Å². The minimum Gasteiger partial charge on any atom is -0.396 e. The lowest BCUT2D eigenvalue weighted by Gasteiger charge is -2.17. The first-order valence-electron chi connectivity index (χ1n) is 6.63. The molecule has 0 radical (unpaired) electrons. The Morgan fingerprint density at radius 3 is 2.56 bits per heavy atom. The van der Waals surface area contributed by atoms with Crippen LogP contribution in [0.25, 0.3) is 0 Å². The molecule has 1 atom stereocenters. The number of rotatable bonds is 8. The number of nitrogens with zero attached hydrogens (tertiary/aromatic N) is 2. The van der Waals surface area contributed by atoms with Crippen LogP contribution in [-0.2, 0) is 6.42 Å². The Morgan fingerprint density at radius 1 is 1.28 bits per heavy atom. The van der Waals surface area contributed by atoms with E-state index in [9.17, 15) is 0 Å². The average molecular weight is 252 g/mol. The molecule has 102 valence electrons. The van der Waals surface area contributed by atoms with E-state index in [1.807, 2.05) is 7.05 Å². The highest BCUT2D eigenvalue weighted by atomic mass is 16.3. The van der Waals surface area contributed by atoms with Crippen molar-refractivity contribution >= 4 is 11.6 Å². The highest BCUT2D eigenvalue weighted by Gasteiger charge is 2.10. The summed E-state index contributed by atoms with van der Waals surface area (Å²) in [6, 6.07) is 0. The second kappa shape index (κ2) is 7.87. The van der Waals surface area contributed by atoms with Crippen molar-refractivity contribution in [2.24, 2.45) is 5.92 Å². The van der Waals surface area contributed by atoms with Crippen LogP contribution in [0, 0.1) is 5.92 Å². The van der Waals surface area contributed by atoms with Crippen molar-refractivity contribution in [3.8, 4) is 0 Å². The van der Waals surface area contributed by atoms with E-state index < -0.39 is 0 Å². The van der Waals surface area contributed by atoms with Gasteiger partial charge >= 0.3 is 0 Å². The first-order valence-corrected chi connectivity index (χ1v) is 6.63. The average Bonchev–Trinajstić information content (AvgIpc) is 2.42. The van der Waals surface area contributed by atoms with E-state index >= 15 is 0 Å². The summed E-state index contributed by atoms with van der Waals surface area (Å²) in [6.07, 6.45) is 4.34. The van der Waals surface area contributed by atoms with Gasteiger partial charge in [0.15, 0.2) is 0 Å². The second-order valence-electron chi connectivity index (χ2n) is 4.32. The Balaban J connectivity index is 2.71. The van der Waals surface area contributed by atoms with Gasteiger partial charge in [0, 0.05) is 25.8 Å². The lowest BCUT2D eigenvalue weighted by molar-refractivity contribution is 0.258. The normalized spacial score (nSPS) is 12.2. The minimum absolute atomic E-state index is 0.242. The largest absolute Gasteiger partial charge is 0.396 e. The van der Waals surface area contributed by atoms with Gasteiger partial charge in [-0.1, -0.05) is 20.3 Å². The topological polar surface area (TPSA) is 70.1 Å². The van der Waals surface area contributed by atoms with E-state index in [-0.39, 0.29) is 6.61 Å². The van der Waals surface area contributed by atoms with E-state index in [4.69, 9.17) is 5.11 Å². The van der Waals surface area contributed by atoms with Crippen LogP contribution in [0.5, 0.6) is 0 Å². The predicted molar refractivity (Wildman–Crippen MR) is 74.9 cm³/mol. The Labute approximate surface area is 109 Å². The quantitative estimate of drug-likeness (QED) is 0.659. The Morgan fingerprint density at radius 2 is 2.00 bits per heavy atom. The Kier molecular flexibility index (Phi) is 6.43. The fraction of sp³-hybridized carbons (Fsp3) is 0.692. The van der Waals surface area contributed by atoms with Crippen LogP contribution in [0.15, 0.2) is 6.33 Å². The number of hydrogen-bond acceptors (Lipinski definition) is 5. The van der Waals surface area contributed by atoms with Crippen molar-refractivity contribution in [2.75, 3.05) is 30.8 Å². The van der Waals surface area contributed by atoms with Crippen LogP contribution < -0.4 is 10.6 Å². The number of aliphatic hydroxyl groups is 1. The summed E-state index contributed by atoms with van der Waals surface area (Å²) >= 11 is 0. The Hall–Kier alpha value is -1.36. The van der Waals surface area contributed by atoms with Gasteiger partial charge in [-0.15, -0.1) is 0 Å². The maximum atomic E-state index is 8.98. The maximum Gasteiger partial charge on any atom is 0.134 e. The smallest absolute Gasteiger partial charge is 0.134 e. The molecular formula is C13H24N4O. The molecule has 0 fully saturated rings. The first kappa shape index (κ1) is 14.7. The van der Waals surface area contributed by atoms with Crippen LogP contribution >= 0.6 is 0 Å². The van der Waals surface area contributed by atoms with Crippen molar-refractivity contribution in [3.05, 3.63) is 11.9 Å². The molecule has 0 aliphatic carbocycles. The fourth-order valence-electron chi connectivity index (χ4n) is 1.99. The van der Waals surface area contributed by atoms with Crippen molar-refractivity contribution < 1.29 is 5.11 Å². The summed E-state index contributed by atoms with van der Waals surface area (Å²) in [5.74, 6) is 2.26. The third kappa shape index (κ3) is 3.84. The number of aliphatic hydroxyl groups excluding tert-OH is 1. The van der Waals surface area contributed by atoms with Crippen LogP contribution in [0.4, 0.5) is 11.6 Å². The van der Waals surface area contributed by atoms with Gasteiger partial charge in [0.1, 0.15) is 18.0 Å². The summed E-state index contributed by atoms with van der Waals surface area (Å²) in [5.41, 5.74) is 1.11. The van der Waals surface area contributed by atoms with Crippen LogP contribution in [0.2, 0.25) is 0 Å². The summed E-state index contributed by atoms with van der Waals surface area (Å²) in [7, 11) is 1.87. The third-order valence-electron chi connectivity index (χ3n) is 3.21. The standard InChI is InChI=1S/C13H24N4O/c1-4-10(6-7-18)8-15-13-11(5-2)12(14-3)16-9-17-13/h9-10,18H,4-8H2,1-3H3,(H2,14,15,16,17). The molecule has 1 aromatic heterocycles. The zero-order chi connectivity index (χ0) is 13.4. The zero-order valence-corrected chi connectivity index (χ0v) is 11.5. The molecule has 1 rings (SSSR count). The van der Waals surface area contributed by atoms with Gasteiger partial charge in [0.05, 0.1) is 0 Å². The molecule has 1 heterocycles. The van der Waals surface area contributed by atoms with Crippen molar-refractivity contribution in [2.45, 2.75) is 33.1 Å². The molecular weight excluding hydrogens is 228 g/mol. The van der Waals surface area contributed by atoms with Gasteiger partial charge in [-0.05, 0) is 18.8 Å². The van der Waals surface area contributed by atoms with Crippen LogP contribution in [0.3, 0.4) is 0 Å². The SMILES string of the molecule is CCc1c(NC)ncnc1NCC(CC)CCO. The zero-order valence-electron chi connectivity index (χ0n) is 11.5. The molecule has 1 aromatic rings. The Bertz CT molecular complexity index is 357. The predicted octanol–water partition coefficient (Wildman–Crippen LogP) is 1.90. The van der Waals surface area contributed by atoms with Crippen molar-refractivity contribution in [1.82, 2.24) is 9.97 Å². The summed E-state index contributed by atoms with van der Waals surface area (Å²) in [5, 5.41) is 15.4. The van der Waals surface area contributed by atoms with Gasteiger partial charge in [-0.2, -0.15) is 0 Å². The van der Waals surface area contributed by atoms with Crippen LogP contribution in [-0.4, -0.2) is 35.3 Å². The molecule has 0 amide bonds. The minimum atomic E-state index is 0.242. The van der Waals surface area contributed by atoms with Gasteiger partial charge in [-0.25, -0.2) is 9.97 Å². The molecule has 0 saturated carbocycles. The molecule has 0 bridgehead atoms. The second-order valence-corrected chi connectivity index (χ2v) is 4.32. The highest BCUT2D eigenvalue weighted by Crippen LogP contribution is 2.20. The van der Waals surface area contributed by atoms with Gasteiger partial charge < -0.3 is 15.7 Å². The summed E-state index contributed by atoms with van der Waals surface area (Å²) in [4.78, 5) is 8.51. The molecule has 3 N–H and O–H groups in total. The number of aromatic nitrogens is 2. The van der Waals surface area contributed by atoms with E-state index in [0.29, 0.717) is 5.92 Å². The lowest BCUT2D eigenvalue weighted by Crippen LogP contribution is -2.17. The van der Waals surface area contributed by atoms with E-state index in [0.717, 1.165) is 43.0 Å². The number of nitrogens with one attached hydrogen (secondary N) is 2. The van der Waals surface area contributed by atoms with Crippen molar-refractivity contribution in [1.29, 1.82) is 0 Å². The van der Waals surface area contributed by atoms with Crippen LogP contribution in [0.1, 0.15) is 32.3 Å². The fourth-order valence-corrected chi connectivity index (χ4v) is 1.99. The van der Waals surface area contributed by atoms with Gasteiger partial charge in [0.25, 0.3) is 0 Å². The summed E-state index contributed by atoms with van der Waals surface area (Å²) in [6.45, 7) is 5.31. The van der Waals surface area contributed by atoms with E-state index in [1.165, 1.54) is 0 Å². The lowest BCUT2D eigenvalue weighted by atomic mass is 10.0. The molecule has 0 aliphatic heterocycles.